The highest BCUT2D eigenvalue weighted by Gasteiger charge is 2.31. The van der Waals surface area contributed by atoms with Gasteiger partial charge in [-0.2, -0.15) is 0 Å². The van der Waals surface area contributed by atoms with Gasteiger partial charge in [-0.15, -0.1) is 0 Å². The van der Waals surface area contributed by atoms with E-state index in [2.05, 4.69) is 0 Å². The fourth-order valence-corrected chi connectivity index (χ4v) is 1.98. The Labute approximate surface area is 134 Å². The molecule has 0 aromatic heterocycles. The van der Waals surface area contributed by atoms with E-state index in [4.69, 9.17) is 10.5 Å². The fraction of sp³-hybridized carbons (Fsp3) is 0.385. The molecular formula is C13H14F2N4O5. The lowest BCUT2D eigenvalue weighted by molar-refractivity contribution is -0.384. The molecule has 0 saturated carbocycles. The summed E-state index contributed by atoms with van der Waals surface area (Å²) in [6.45, 7) is -2.84. The van der Waals surface area contributed by atoms with Crippen molar-refractivity contribution in [1.29, 1.82) is 0 Å². The molecule has 0 unspecified atom stereocenters. The first-order valence-electron chi connectivity index (χ1n) is 6.80. The van der Waals surface area contributed by atoms with Crippen molar-refractivity contribution in [2.24, 2.45) is 5.73 Å². The van der Waals surface area contributed by atoms with Crippen molar-refractivity contribution < 1.29 is 28.0 Å². The van der Waals surface area contributed by atoms with Gasteiger partial charge in [-0.05, 0) is 6.07 Å². The number of carbonyl (C=O) groups is 2. The number of anilines is 1. The number of non-ortho nitro benzene ring substituents is 1. The Kier molecular flexibility index (Phi) is 4.93. The molecule has 0 saturated heterocycles. The minimum Gasteiger partial charge on any atom is -0.482 e. The number of halogens is 2. The number of ether oxygens (including phenoxy) is 1. The second kappa shape index (κ2) is 6.74. The van der Waals surface area contributed by atoms with E-state index in [-0.39, 0.29) is 23.7 Å². The van der Waals surface area contributed by atoms with Gasteiger partial charge in [0.1, 0.15) is 12.3 Å². The highest BCUT2D eigenvalue weighted by Crippen LogP contribution is 2.35. The summed E-state index contributed by atoms with van der Waals surface area (Å²) < 4.78 is 31.2. The molecule has 0 radical (unpaired) electrons. The van der Waals surface area contributed by atoms with Crippen LogP contribution in [0.15, 0.2) is 18.2 Å². The molecule has 0 spiro atoms. The first kappa shape index (κ1) is 17.5. The van der Waals surface area contributed by atoms with Crippen molar-refractivity contribution in [3.05, 3.63) is 28.3 Å². The highest BCUT2D eigenvalue weighted by molar-refractivity contribution is 6.02. The first-order valence-corrected chi connectivity index (χ1v) is 6.80. The Morgan fingerprint density at radius 2 is 2.21 bits per heavy atom. The maximum Gasteiger partial charge on any atom is 0.277 e. The maximum absolute atomic E-state index is 13.0. The second-order valence-corrected chi connectivity index (χ2v) is 5.01. The minimum atomic E-state index is -3.26. The molecule has 1 aliphatic heterocycles. The smallest absolute Gasteiger partial charge is 0.277 e. The van der Waals surface area contributed by atoms with Crippen LogP contribution in [-0.2, 0) is 9.59 Å². The van der Waals surface area contributed by atoms with Crippen molar-refractivity contribution in [3.8, 4) is 5.75 Å². The molecule has 0 fully saturated rings. The lowest BCUT2D eigenvalue weighted by Gasteiger charge is -2.28. The Hall–Kier alpha value is -2.82. The first-order chi connectivity index (χ1) is 11.2. The topological polar surface area (TPSA) is 128 Å². The number of nitrogens with two attached hydrogens (primary N) is 1. The lowest BCUT2D eigenvalue weighted by atomic mass is 10.2. The largest absolute Gasteiger partial charge is 0.482 e. The van der Waals surface area contributed by atoms with Gasteiger partial charge in [-0.25, -0.2) is 8.78 Å². The third-order valence-corrected chi connectivity index (χ3v) is 3.24. The van der Waals surface area contributed by atoms with Crippen molar-refractivity contribution in [2.75, 3.05) is 31.1 Å². The van der Waals surface area contributed by atoms with Gasteiger partial charge in [0.15, 0.2) is 6.61 Å². The zero-order chi connectivity index (χ0) is 17.9. The number of nitro groups is 1. The number of rotatable bonds is 6. The van der Waals surface area contributed by atoms with Crippen LogP contribution in [0.25, 0.3) is 0 Å². The van der Waals surface area contributed by atoms with E-state index in [1.54, 1.807) is 0 Å². The number of hydrogen-bond acceptors (Lipinski definition) is 6. The van der Waals surface area contributed by atoms with E-state index in [1.165, 1.54) is 12.1 Å². The van der Waals surface area contributed by atoms with Gasteiger partial charge in [0.2, 0.25) is 5.91 Å². The standard InChI is InChI=1S/C13H14F2N4O5/c14-13(15,6-16)7-17-11(20)4-18-9-3-8(19(22)23)1-2-10(9)24-5-12(18)21/h1-3H,4-7,16H2,(H,17,20). The normalized spacial score (nSPS) is 14.0. The Balaban J connectivity index is 2.16. The monoisotopic (exact) mass is 344 g/mol. The van der Waals surface area contributed by atoms with Crippen molar-refractivity contribution in [2.45, 2.75) is 5.92 Å². The third-order valence-electron chi connectivity index (χ3n) is 3.24. The van der Waals surface area contributed by atoms with Crippen LogP contribution in [0.2, 0.25) is 0 Å². The summed E-state index contributed by atoms with van der Waals surface area (Å²) in [5.74, 6) is -4.55. The number of hydrogen-bond donors (Lipinski definition) is 2. The van der Waals surface area contributed by atoms with Crippen LogP contribution in [-0.4, -0.2) is 48.9 Å². The van der Waals surface area contributed by atoms with E-state index in [0.717, 1.165) is 11.0 Å². The average molecular weight is 344 g/mol. The Morgan fingerprint density at radius 1 is 1.50 bits per heavy atom. The molecule has 24 heavy (non-hydrogen) atoms. The third kappa shape index (κ3) is 3.93. The summed E-state index contributed by atoms with van der Waals surface area (Å²) in [6, 6.07) is 3.57. The number of carbonyl (C=O) groups excluding carboxylic acids is 2. The zero-order valence-corrected chi connectivity index (χ0v) is 12.3. The maximum atomic E-state index is 13.0. The molecule has 1 aliphatic rings. The summed E-state index contributed by atoms with van der Waals surface area (Å²) in [6.07, 6.45) is 0. The number of amides is 2. The summed E-state index contributed by atoms with van der Waals surface area (Å²) in [7, 11) is 0. The molecule has 1 heterocycles. The van der Waals surface area contributed by atoms with Crippen LogP contribution < -0.4 is 20.7 Å². The highest BCUT2D eigenvalue weighted by atomic mass is 19.3. The predicted molar refractivity (Wildman–Crippen MR) is 78.0 cm³/mol. The van der Waals surface area contributed by atoms with Crippen LogP contribution in [0.4, 0.5) is 20.2 Å². The van der Waals surface area contributed by atoms with E-state index < -0.39 is 42.3 Å². The van der Waals surface area contributed by atoms with E-state index >= 15 is 0 Å². The molecule has 1 aromatic carbocycles. The number of fused-ring (bicyclic) bond motifs is 1. The number of nitrogens with zero attached hydrogens (tertiary/aromatic N) is 2. The summed E-state index contributed by atoms with van der Waals surface area (Å²) >= 11 is 0. The summed E-state index contributed by atoms with van der Waals surface area (Å²) in [5, 5.41) is 12.8. The SMILES string of the molecule is NCC(F)(F)CNC(=O)CN1C(=O)COc2ccc([N+](=O)[O-])cc21. The van der Waals surface area contributed by atoms with Crippen LogP contribution in [0.5, 0.6) is 5.75 Å². The van der Waals surface area contributed by atoms with Crippen molar-refractivity contribution in [3.63, 3.8) is 0 Å². The van der Waals surface area contributed by atoms with Gasteiger partial charge in [-0.3, -0.25) is 24.6 Å². The zero-order valence-electron chi connectivity index (χ0n) is 12.3. The van der Waals surface area contributed by atoms with Gasteiger partial charge in [-0.1, -0.05) is 0 Å². The summed E-state index contributed by atoms with van der Waals surface area (Å²) in [5.41, 5.74) is 4.59. The van der Waals surface area contributed by atoms with Crippen LogP contribution in [0, 0.1) is 10.1 Å². The van der Waals surface area contributed by atoms with Crippen LogP contribution in [0.1, 0.15) is 0 Å². The predicted octanol–water partition coefficient (Wildman–Crippen LogP) is 0.0304. The molecule has 130 valence electrons. The van der Waals surface area contributed by atoms with Gasteiger partial charge in [0.05, 0.1) is 23.7 Å². The van der Waals surface area contributed by atoms with Gasteiger partial charge >= 0.3 is 0 Å². The number of nitro benzene ring substituents is 1. The Morgan fingerprint density at radius 3 is 2.83 bits per heavy atom. The van der Waals surface area contributed by atoms with E-state index in [9.17, 15) is 28.5 Å². The molecule has 0 atom stereocenters. The molecule has 2 rings (SSSR count). The van der Waals surface area contributed by atoms with E-state index in [1.807, 2.05) is 5.32 Å². The quantitative estimate of drug-likeness (QED) is 0.553. The van der Waals surface area contributed by atoms with Crippen LogP contribution in [0.3, 0.4) is 0 Å². The second-order valence-electron chi connectivity index (χ2n) is 5.01. The molecule has 1 aromatic rings. The molecule has 2 amide bonds. The average Bonchev–Trinajstić information content (AvgIpc) is 2.55. The number of alkyl halides is 2. The fourth-order valence-electron chi connectivity index (χ4n) is 1.98. The van der Waals surface area contributed by atoms with Gasteiger partial charge in [0.25, 0.3) is 17.5 Å². The minimum absolute atomic E-state index is 0.0289. The van der Waals surface area contributed by atoms with Crippen molar-refractivity contribution >= 4 is 23.2 Å². The Bertz CT molecular complexity index is 682. The van der Waals surface area contributed by atoms with E-state index in [0.29, 0.717) is 0 Å². The lowest BCUT2D eigenvalue weighted by Crippen LogP contribution is -2.48. The van der Waals surface area contributed by atoms with Crippen molar-refractivity contribution in [1.82, 2.24) is 5.32 Å². The summed E-state index contributed by atoms with van der Waals surface area (Å²) in [4.78, 5) is 34.8. The molecule has 11 heteroatoms. The van der Waals surface area contributed by atoms with Gasteiger partial charge in [0, 0.05) is 12.1 Å². The molecule has 3 N–H and O–H groups in total. The molecular weight excluding hydrogens is 330 g/mol. The van der Waals surface area contributed by atoms with Crippen LogP contribution >= 0.6 is 0 Å². The molecule has 9 nitrogen and oxygen atoms in total. The van der Waals surface area contributed by atoms with Gasteiger partial charge < -0.3 is 15.8 Å². The molecule has 0 bridgehead atoms. The molecule has 0 aliphatic carbocycles. The number of benzene rings is 1. The number of nitrogens with one attached hydrogen (secondary N) is 1.